The molecule has 1 fully saturated rings. The lowest BCUT2D eigenvalue weighted by Crippen LogP contribution is -2.33. The van der Waals surface area contributed by atoms with E-state index < -0.39 is 52.8 Å². The molecule has 0 radical (unpaired) electrons. The summed E-state index contributed by atoms with van der Waals surface area (Å²) in [5.74, 6) is -3.06. The summed E-state index contributed by atoms with van der Waals surface area (Å²) in [5.41, 5.74) is -4.44. The van der Waals surface area contributed by atoms with Gasteiger partial charge in [0.15, 0.2) is 0 Å². The van der Waals surface area contributed by atoms with Crippen LogP contribution in [0.1, 0.15) is 46.0 Å². The maximum Gasteiger partial charge on any atom is 0.416 e. The molecule has 0 bridgehead atoms. The Hall–Kier alpha value is -3.11. The van der Waals surface area contributed by atoms with E-state index in [1.165, 1.54) is 0 Å². The monoisotopic (exact) mass is 449 g/mol. The molecule has 2 aromatic rings. The van der Waals surface area contributed by atoms with Gasteiger partial charge < -0.3 is 10.1 Å². The first-order valence-electron chi connectivity index (χ1n) is 8.91. The van der Waals surface area contributed by atoms with E-state index in [4.69, 9.17) is 4.74 Å². The largest absolute Gasteiger partial charge is 0.444 e. The molecular formula is C20H14F7NO3. The van der Waals surface area contributed by atoms with Crippen LogP contribution in [0.5, 0.6) is 0 Å². The number of carbonyl (C=O) groups excluding carboxylic acids is 2. The van der Waals surface area contributed by atoms with Crippen LogP contribution in [0.4, 0.5) is 30.7 Å². The van der Waals surface area contributed by atoms with Crippen molar-refractivity contribution in [2.45, 2.75) is 37.3 Å². The molecule has 0 aromatic heterocycles. The van der Waals surface area contributed by atoms with Crippen molar-refractivity contribution in [2.24, 2.45) is 0 Å². The molecule has 1 aliphatic rings. The van der Waals surface area contributed by atoms with Crippen molar-refractivity contribution in [1.82, 2.24) is 5.32 Å². The lowest BCUT2D eigenvalue weighted by Gasteiger charge is -2.19. The zero-order valence-corrected chi connectivity index (χ0v) is 15.5. The molecule has 1 saturated carbocycles. The Morgan fingerprint density at radius 2 is 1.42 bits per heavy atom. The maximum absolute atomic E-state index is 13.2. The van der Waals surface area contributed by atoms with E-state index in [2.05, 4.69) is 5.32 Å². The molecule has 1 atom stereocenters. The lowest BCUT2D eigenvalue weighted by molar-refractivity contribution is -0.143. The van der Waals surface area contributed by atoms with Gasteiger partial charge in [0.05, 0.1) is 16.7 Å². The third-order valence-corrected chi connectivity index (χ3v) is 4.38. The van der Waals surface area contributed by atoms with Crippen molar-refractivity contribution >= 4 is 11.9 Å². The Kier molecular flexibility index (Phi) is 5.97. The average Bonchev–Trinajstić information content (AvgIpc) is 3.49. The predicted molar refractivity (Wildman–Crippen MR) is 92.2 cm³/mol. The third kappa shape index (κ3) is 5.74. The van der Waals surface area contributed by atoms with E-state index in [-0.39, 0.29) is 29.8 Å². The molecule has 166 valence electrons. The highest BCUT2D eigenvalue weighted by Crippen LogP contribution is 2.37. The van der Waals surface area contributed by atoms with Crippen LogP contribution in [0.25, 0.3) is 0 Å². The van der Waals surface area contributed by atoms with Crippen LogP contribution in [0.3, 0.4) is 0 Å². The van der Waals surface area contributed by atoms with Crippen molar-refractivity contribution in [3.63, 3.8) is 0 Å². The summed E-state index contributed by atoms with van der Waals surface area (Å²) in [7, 11) is 0. The normalized spacial score (nSPS) is 15.3. The molecule has 1 N–H and O–H groups in total. The summed E-state index contributed by atoms with van der Waals surface area (Å²) in [6.45, 7) is 0. The van der Waals surface area contributed by atoms with Gasteiger partial charge in [0.2, 0.25) is 6.10 Å². The number of hydrogen-bond acceptors (Lipinski definition) is 3. The molecular weight excluding hydrogens is 435 g/mol. The summed E-state index contributed by atoms with van der Waals surface area (Å²) < 4.78 is 96.3. The minimum atomic E-state index is -5.16. The zero-order valence-electron chi connectivity index (χ0n) is 15.5. The molecule has 1 aliphatic carbocycles. The highest BCUT2D eigenvalue weighted by atomic mass is 19.4. The number of hydrogen-bond donors (Lipinski definition) is 1. The van der Waals surface area contributed by atoms with Crippen molar-refractivity contribution in [3.8, 4) is 0 Å². The van der Waals surface area contributed by atoms with E-state index in [1.54, 1.807) is 0 Å². The zero-order chi connectivity index (χ0) is 23.0. The summed E-state index contributed by atoms with van der Waals surface area (Å²) in [6.07, 6.45) is -10.7. The van der Waals surface area contributed by atoms with Crippen molar-refractivity contribution < 1.29 is 45.1 Å². The fraction of sp³-hybridized carbons (Fsp3) is 0.300. The molecule has 2 aromatic carbocycles. The molecule has 0 spiro atoms. The number of amides is 1. The highest BCUT2D eigenvalue weighted by molar-refractivity contribution is 5.93. The smallest absolute Gasteiger partial charge is 0.416 e. The second kappa shape index (κ2) is 8.20. The first-order valence-corrected chi connectivity index (χ1v) is 8.91. The maximum atomic E-state index is 13.2. The van der Waals surface area contributed by atoms with Gasteiger partial charge in [-0.15, -0.1) is 0 Å². The molecule has 1 amide bonds. The molecule has 0 unspecified atom stereocenters. The van der Waals surface area contributed by atoms with Gasteiger partial charge in [0.1, 0.15) is 5.82 Å². The summed E-state index contributed by atoms with van der Waals surface area (Å²) in [5, 5.41) is 2.53. The van der Waals surface area contributed by atoms with Gasteiger partial charge in [-0.1, -0.05) is 12.1 Å². The number of rotatable bonds is 5. The number of esters is 1. The molecule has 31 heavy (non-hydrogen) atoms. The number of nitrogens with one attached hydrogen (secondary N) is 1. The van der Waals surface area contributed by atoms with E-state index >= 15 is 0 Å². The molecule has 0 saturated heterocycles. The van der Waals surface area contributed by atoms with E-state index in [0.29, 0.717) is 12.8 Å². The fourth-order valence-corrected chi connectivity index (χ4v) is 2.66. The first-order chi connectivity index (χ1) is 14.3. The molecule has 3 rings (SSSR count). The van der Waals surface area contributed by atoms with Crippen LogP contribution in [0, 0.1) is 5.82 Å². The SMILES string of the molecule is O=C(O[C@H](C(=O)NC1CC1)c1ccc(F)cc1)c1cc(C(F)(F)F)cc(C(F)(F)F)c1. The van der Waals surface area contributed by atoms with E-state index in [1.807, 2.05) is 0 Å². The van der Waals surface area contributed by atoms with Crippen LogP contribution in [0.2, 0.25) is 0 Å². The first kappa shape index (κ1) is 22.6. The Morgan fingerprint density at radius 3 is 1.87 bits per heavy atom. The van der Waals surface area contributed by atoms with Crippen LogP contribution in [0.15, 0.2) is 42.5 Å². The second-order valence-corrected chi connectivity index (χ2v) is 6.91. The summed E-state index contributed by atoms with van der Waals surface area (Å²) >= 11 is 0. The molecule has 4 nitrogen and oxygen atoms in total. The van der Waals surface area contributed by atoms with Gasteiger partial charge in [-0.05, 0) is 43.2 Å². The van der Waals surface area contributed by atoms with Crippen LogP contribution < -0.4 is 5.32 Å². The van der Waals surface area contributed by atoms with Crippen molar-refractivity contribution in [2.75, 3.05) is 0 Å². The quantitative estimate of drug-likeness (QED) is 0.514. The van der Waals surface area contributed by atoms with Gasteiger partial charge in [-0.25, -0.2) is 9.18 Å². The average molecular weight is 449 g/mol. The van der Waals surface area contributed by atoms with E-state index in [9.17, 15) is 40.3 Å². The topological polar surface area (TPSA) is 55.4 Å². The van der Waals surface area contributed by atoms with Crippen molar-refractivity contribution in [1.29, 1.82) is 0 Å². The minimum absolute atomic E-state index is 0.00378. The lowest BCUT2D eigenvalue weighted by atomic mass is 10.0. The predicted octanol–water partition coefficient (Wildman–Crippen LogP) is 5.04. The van der Waals surface area contributed by atoms with Gasteiger partial charge in [0, 0.05) is 11.6 Å². The number of benzene rings is 2. The second-order valence-electron chi connectivity index (χ2n) is 6.91. The van der Waals surface area contributed by atoms with Crippen molar-refractivity contribution in [3.05, 3.63) is 70.5 Å². The number of halogens is 7. The molecule has 11 heteroatoms. The van der Waals surface area contributed by atoms with Crippen LogP contribution >= 0.6 is 0 Å². The van der Waals surface area contributed by atoms with E-state index in [0.717, 1.165) is 24.3 Å². The van der Waals surface area contributed by atoms with Gasteiger partial charge in [0.25, 0.3) is 5.91 Å². The number of ether oxygens (including phenoxy) is 1. The molecule has 0 aliphatic heterocycles. The Balaban J connectivity index is 1.95. The summed E-state index contributed by atoms with van der Waals surface area (Å²) in [6, 6.07) is 4.27. The number of alkyl halides is 6. The number of carbonyl (C=O) groups is 2. The van der Waals surface area contributed by atoms with Crippen LogP contribution in [-0.2, 0) is 21.9 Å². The Bertz CT molecular complexity index is 947. The fourth-order valence-electron chi connectivity index (χ4n) is 2.66. The summed E-state index contributed by atoms with van der Waals surface area (Å²) in [4.78, 5) is 24.9. The standard InChI is InChI=1S/C20H14F7NO3/c21-14-3-1-10(2-4-14)16(17(29)28-15-5-6-15)31-18(30)11-7-12(19(22,23)24)9-13(8-11)20(25,26)27/h1-4,7-9,15-16H,5-6H2,(H,28,29)/t16-/m0/s1. The highest BCUT2D eigenvalue weighted by Gasteiger charge is 2.38. The molecule has 0 heterocycles. The minimum Gasteiger partial charge on any atom is -0.444 e. The van der Waals surface area contributed by atoms with Gasteiger partial charge in [-0.2, -0.15) is 26.3 Å². The van der Waals surface area contributed by atoms with Gasteiger partial charge >= 0.3 is 18.3 Å². The Morgan fingerprint density at radius 1 is 0.903 bits per heavy atom. The van der Waals surface area contributed by atoms with Gasteiger partial charge in [-0.3, -0.25) is 4.79 Å². The Labute approximate surface area is 171 Å². The van der Waals surface area contributed by atoms with Crippen LogP contribution in [-0.4, -0.2) is 17.9 Å². The third-order valence-electron chi connectivity index (χ3n) is 4.38.